The van der Waals surface area contributed by atoms with Gasteiger partial charge < -0.3 is 15.3 Å². The first-order valence-corrected chi connectivity index (χ1v) is 7.00. The molecule has 1 atom stereocenters. The Bertz CT molecular complexity index is 747. The first-order chi connectivity index (χ1) is 11.1. The van der Waals surface area contributed by atoms with Gasteiger partial charge in [0.05, 0.1) is 4.92 Å². The fourth-order valence-electron chi connectivity index (χ4n) is 2.48. The Kier molecular flexibility index (Phi) is 3.90. The molecule has 1 aliphatic heterocycles. The van der Waals surface area contributed by atoms with Crippen LogP contribution < -0.4 is 5.32 Å². The number of aliphatic hydroxyl groups is 1. The topological polar surface area (TPSA) is 109 Å². The Hall–Kier alpha value is -3.00. The van der Waals surface area contributed by atoms with Crippen molar-refractivity contribution in [1.29, 1.82) is 0 Å². The Morgan fingerprint density at radius 2 is 2.09 bits per heavy atom. The van der Waals surface area contributed by atoms with E-state index in [1.54, 1.807) is 24.3 Å². The Labute approximate surface area is 131 Å². The largest absolute Gasteiger partial charge is 0.369 e. The van der Waals surface area contributed by atoms with Gasteiger partial charge in [0, 0.05) is 30.3 Å². The van der Waals surface area contributed by atoms with Gasteiger partial charge in [-0.25, -0.2) is 4.98 Å². The number of aromatic nitrogens is 1. The van der Waals surface area contributed by atoms with Crippen molar-refractivity contribution >= 4 is 17.4 Å². The highest BCUT2D eigenvalue weighted by Gasteiger charge is 2.34. The molecule has 0 radical (unpaired) electrons. The van der Waals surface area contributed by atoms with E-state index in [1.807, 2.05) is 0 Å². The number of pyridine rings is 1. The number of nitrogens with one attached hydrogen (secondary N) is 1. The summed E-state index contributed by atoms with van der Waals surface area (Å²) < 4.78 is 0. The number of nitro groups is 1. The third-order valence-corrected chi connectivity index (χ3v) is 3.64. The van der Waals surface area contributed by atoms with E-state index in [1.165, 1.54) is 17.0 Å². The van der Waals surface area contributed by atoms with E-state index in [0.717, 1.165) is 6.20 Å². The Balaban J connectivity index is 1.59. The summed E-state index contributed by atoms with van der Waals surface area (Å²) in [5, 5.41) is 23.7. The fraction of sp³-hybridized carbons (Fsp3) is 0.200. The molecule has 0 saturated heterocycles. The average molecular weight is 314 g/mol. The lowest BCUT2D eigenvalue weighted by Crippen LogP contribution is -2.32. The van der Waals surface area contributed by atoms with E-state index in [2.05, 4.69) is 10.3 Å². The molecule has 8 nitrogen and oxygen atoms in total. The zero-order valence-corrected chi connectivity index (χ0v) is 12.0. The first-order valence-electron chi connectivity index (χ1n) is 7.00. The van der Waals surface area contributed by atoms with Gasteiger partial charge in [0.1, 0.15) is 12.0 Å². The van der Waals surface area contributed by atoms with Crippen molar-refractivity contribution in [1.82, 2.24) is 9.88 Å². The van der Waals surface area contributed by atoms with Crippen molar-refractivity contribution in [2.75, 3.05) is 18.4 Å². The monoisotopic (exact) mass is 314 g/mol. The summed E-state index contributed by atoms with van der Waals surface area (Å²) >= 11 is 0. The SMILES string of the molecule is O=C1c2ccccc2C(O)N1CCNc1ccc([N+](=O)[O-])cn1. The second-order valence-electron chi connectivity index (χ2n) is 5.04. The van der Waals surface area contributed by atoms with Crippen LogP contribution in [0, 0.1) is 10.1 Å². The van der Waals surface area contributed by atoms with Crippen LogP contribution in [0.4, 0.5) is 11.5 Å². The highest BCUT2D eigenvalue weighted by atomic mass is 16.6. The lowest BCUT2D eigenvalue weighted by Gasteiger charge is -2.21. The van der Waals surface area contributed by atoms with Gasteiger partial charge in [0.15, 0.2) is 6.23 Å². The predicted octanol–water partition coefficient (Wildman–Crippen LogP) is 1.55. The van der Waals surface area contributed by atoms with Crippen LogP contribution in [-0.4, -0.2) is 38.9 Å². The normalized spacial score (nSPS) is 16.3. The van der Waals surface area contributed by atoms with Gasteiger partial charge in [0.2, 0.25) is 0 Å². The third-order valence-electron chi connectivity index (χ3n) is 3.64. The molecular weight excluding hydrogens is 300 g/mol. The van der Waals surface area contributed by atoms with E-state index in [4.69, 9.17) is 0 Å². The average Bonchev–Trinajstić information content (AvgIpc) is 2.81. The summed E-state index contributed by atoms with van der Waals surface area (Å²) in [6, 6.07) is 9.79. The van der Waals surface area contributed by atoms with Gasteiger partial charge in [-0.15, -0.1) is 0 Å². The number of hydrogen-bond acceptors (Lipinski definition) is 6. The van der Waals surface area contributed by atoms with Crippen LogP contribution >= 0.6 is 0 Å². The van der Waals surface area contributed by atoms with Gasteiger partial charge >= 0.3 is 0 Å². The van der Waals surface area contributed by atoms with Crippen LogP contribution in [0.1, 0.15) is 22.1 Å². The quantitative estimate of drug-likeness (QED) is 0.640. The first kappa shape index (κ1) is 14.9. The zero-order chi connectivity index (χ0) is 16.4. The zero-order valence-electron chi connectivity index (χ0n) is 12.0. The van der Waals surface area contributed by atoms with Crippen molar-refractivity contribution < 1.29 is 14.8 Å². The van der Waals surface area contributed by atoms with Crippen LogP contribution in [0.15, 0.2) is 42.6 Å². The van der Waals surface area contributed by atoms with Crippen LogP contribution in [0.5, 0.6) is 0 Å². The van der Waals surface area contributed by atoms with Gasteiger partial charge in [-0.2, -0.15) is 0 Å². The molecule has 0 fully saturated rings. The minimum atomic E-state index is -0.953. The molecule has 1 aromatic carbocycles. The summed E-state index contributed by atoms with van der Waals surface area (Å²) in [5.74, 6) is 0.251. The maximum absolute atomic E-state index is 12.2. The number of fused-ring (bicyclic) bond motifs is 1. The molecule has 118 valence electrons. The van der Waals surface area contributed by atoms with E-state index >= 15 is 0 Å². The molecule has 1 unspecified atom stereocenters. The van der Waals surface area contributed by atoms with Crippen molar-refractivity contribution in [3.63, 3.8) is 0 Å². The Morgan fingerprint density at radius 1 is 1.30 bits per heavy atom. The maximum Gasteiger partial charge on any atom is 0.287 e. The van der Waals surface area contributed by atoms with Crippen molar-refractivity contribution in [3.05, 3.63) is 63.8 Å². The molecule has 0 bridgehead atoms. The highest BCUT2D eigenvalue weighted by molar-refractivity contribution is 5.98. The fourth-order valence-corrected chi connectivity index (χ4v) is 2.48. The summed E-state index contributed by atoms with van der Waals surface area (Å²) in [7, 11) is 0. The van der Waals surface area contributed by atoms with Gasteiger partial charge in [-0.1, -0.05) is 18.2 Å². The second-order valence-corrected chi connectivity index (χ2v) is 5.04. The molecule has 3 rings (SSSR count). The number of carbonyl (C=O) groups excluding carboxylic acids is 1. The standard InChI is InChI=1S/C15H14N4O4/c20-14-11-3-1-2-4-12(11)15(21)18(14)8-7-16-13-6-5-10(9-17-13)19(22)23/h1-6,9,14,20H,7-8H2,(H,16,17). The van der Waals surface area contributed by atoms with E-state index in [-0.39, 0.29) is 18.1 Å². The minimum Gasteiger partial charge on any atom is -0.369 e. The van der Waals surface area contributed by atoms with E-state index in [0.29, 0.717) is 23.5 Å². The molecule has 0 saturated carbocycles. The van der Waals surface area contributed by atoms with Crippen molar-refractivity contribution in [2.24, 2.45) is 0 Å². The van der Waals surface area contributed by atoms with Crippen molar-refractivity contribution in [3.8, 4) is 0 Å². The maximum atomic E-state index is 12.2. The molecule has 0 aliphatic carbocycles. The number of anilines is 1. The van der Waals surface area contributed by atoms with Gasteiger partial charge in [-0.3, -0.25) is 14.9 Å². The number of nitrogens with zero attached hydrogens (tertiary/aromatic N) is 3. The molecule has 2 heterocycles. The predicted molar refractivity (Wildman–Crippen MR) is 81.8 cm³/mol. The highest BCUT2D eigenvalue weighted by Crippen LogP contribution is 2.30. The number of benzene rings is 1. The molecule has 1 aromatic heterocycles. The summed E-state index contributed by atoms with van der Waals surface area (Å²) in [6.45, 7) is 0.648. The number of rotatable bonds is 5. The van der Waals surface area contributed by atoms with Crippen molar-refractivity contribution in [2.45, 2.75) is 6.23 Å². The molecule has 2 aromatic rings. The molecule has 2 N–H and O–H groups in total. The van der Waals surface area contributed by atoms with Crippen LogP contribution in [-0.2, 0) is 0 Å². The van der Waals surface area contributed by atoms with Gasteiger partial charge in [0.25, 0.3) is 11.6 Å². The third kappa shape index (κ3) is 2.84. The number of hydrogen-bond donors (Lipinski definition) is 2. The van der Waals surface area contributed by atoms with Crippen LogP contribution in [0.25, 0.3) is 0 Å². The van der Waals surface area contributed by atoms with E-state index in [9.17, 15) is 20.0 Å². The smallest absolute Gasteiger partial charge is 0.287 e. The molecule has 1 amide bonds. The summed E-state index contributed by atoms with van der Waals surface area (Å²) in [4.78, 5) is 27.5. The number of amides is 1. The second kappa shape index (κ2) is 6.01. The Morgan fingerprint density at radius 3 is 2.74 bits per heavy atom. The number of carbonyl (C=O) groups is 1. The summed E-state index contributed by atoms with van der Waals surface area (Å²) in [6.07, 6.45) is 0.207. The minimum absolute atomic E-state index is 0.0869. The molecule has 23 heavy (non-hydrogen) atoms. The van der Waals surface area contributed by atoms with Crippen LogP contribution in [0.3, 0.4) is 0 Å². The van der Waals surface area contributed by atoms with Gasteiger partial charge in [-0.05, 0) is 12.1 Å². The molecule has 8 heteroatoms. The summed E-state index contributed by atoms with van der Waals surface area (Å²) in [5.41, 5.74) is 1.02. The molecule has 1 aliphatic rings. The lowest BCUT2D eigenvalue weighted by atomic mass is 10.1. The lowest BCUT2D eigenvalue weighted by molar-refractivity contribution is -0.385. The van der Waals surface area contributed by atoms with Crippen LogP contribution in [0.2, 0.25) is 0 Å². The number of aliphatic hydroxyl groups excluding tert-OH is 1. The molecular formula is C15H14N4O4. The molecule has 0 spiro atoms. The van der Waals surface area contributed by atoms with E-state index < -0.39 is 11.2 Å².